The molecule has 25 heavy (non-hydrogen) atoms. The van der Waals surface area contributed by atoms with E-state index in [1.165, 1.54) is 11.1 Å². The molecular formula is C18H22O6S. The number of benzene rings is 1. The molecule has 7 heteroatoms. The Morgan fingerprint density at radius 3 is 2.60 bits per heavy atom. The normalized spacial score (nSPS) is 34.4. The van der Waals surface area contributed by atoms with E-state index in [0.717, 1.165) is 30.4 Å². The molecule has 0 aromatic heterocycles. The van der Waals surface area contributed by atoms with Crippen LogP contribution in [0.1, 0.15) is 60.8 Å². The molecule has 2 N–H and O–H groups in total. The van der Waals surface area contributed by atoms with E-state index in [9.17, 15) is 18.3 Å². The standard InChI is InChI=1S/C18H22O6S/c1-17-8-6-13-12-7-9-18(20,24-25(21,22)23)10-11(12)2-3-14(13)15(17)4-5-16(17)19/h2-3,15,20H,4-10H2,1H3,(H,21,22,23)/t15-,17-,18+/m0/s1. The zero-order valence-corrected chi connectivity index (χ0v) is 14.9. The van der Waals surface area contributed by atoms with Crippen molar-refractivity contribution in [3.8, 4) is 0 Å². The fraction of sp³-hybridized carbons (Fsp3) is 0.611. The number of carbonyl (C=O) groups is 1. The Hall–Kier alpha value is -1.28. The van der Waals surface area contributed by atoms with Crippen molar-refractivity contribution in [2.24, 2.45) is 5.41 Å². The number of hydrogen-bond donors (Lipinski definition) is 2. The summed E-state index contributed by atoms with van der Waals surface area (Å²) in [5.41, 5.74) is 4.22. The van der Waals surface area contributed by atoms with Gasteiger partial charge < -0.3 is 5.11 Å². The number of carbonyl (C=O) groups excluding carboxylic acids is 1. The molecule has 4 rings (SSSR count). The van der Waals surface area contributed by atoms with Crippen molar-refractivity contribution in [3.63, 3.8) is 0 Å². The second kappa shape index (κ2) is 5.36. The van der Waals surface area contributed by atoms with Crippen molar-refractivity contribution in [1.29, 1.82) is 0 Å². The van der Waals surface area contributed by atoms with Gasteiger partial charge in [-0.3, -0.25) is 9.35 Å². The zero-order chi connectivity index (χ0) is 18.0. The van der Waals surface area contributed by atoms with Crippen LogP contribution >= 0.6 is 0 Å². The second-order valence-electron chi connectivity index (χ2n) is 7.84. The molecule has 0 heterocycles. The summed E-state index contributed by atoms with van der Waals surface area (Å²) in [4.78, 5) is 12.3. The predicted octanol–water partition coefficient (Wildman–Crippen LogP) is 2.08. The van der Waals surface area contributed by atoms with E-state index in [1.54, 1.807) is 0 Å². The number of hydrogen-bond acceptors (Lipinski definition) is 5. The van der Waals surface area contributed by atoms with Gasteiger partial charge in [-0.15, -0.1) is 0 Å². The van der Waals surface area contributed by atoms with Gasteiger partial charge in [-0.2, -0.15) is 8.42 Å². The van der Waals surface area contributed by atoms with Crippen molar-refractivity contribution in [1.82, 2.24) is 0 Å². The first kappa shape index (κ1) is 17.1. The van der Waals surface area contributed by atoms with Crippen LogP contribution in [0.15, 0.2) is 12.1 Å². The van der Waals surface area contributed by atoms with E-state index in [1.807, 2.05) is 12.1 Å². The van der Waals surface area contributed by atoms with Gasteiger partial charge in [-0.1, -0.05) is 19.1 Å². The molecule has 1 saturated carbocycles. The first-order chi connectivity index (χ1) is 11.6. The Kier molecular flexibility index (Phi) is 3.68. The van der Waals surface area contributed by atoms with Crippen molar-refractivity contribution in [2.75, 3.05) is 0 Å². The number of rotatable bonds is 2. The lowest BCUT2D eigenvalue weighted by Gasteiger charge is -2.40. The first-order valence-electron chi connectivity index (χ1n) is 8.69. The highest BCUT2D eigenvalue weighted by Gasteiger charge is 2.50. The van der Waals surface area contributed by atoms with E-state index < -0.39 is 16.2 Å². The quantitative estimate of drug-likeness (QED) is 0.614. The Labute approximate surface area is 147 Å². The third-order valence-corrected chi connectivity index (χ3v) is 6.91. The molecule has 136 valence electrons. The largest absolute Gasteiger partial charge is 0.400 e. The van der Waals surface area contributed by atoms with Crippen LogP contribution in [0.4, 0.5) is 0 Å². The van der Waals surface area contributed by atoms with E-state index >= 15 is 0 Å². The molecule has 0 spiro atoms. The number of fused-ring (bicyclic) bond motifs is 5. The van der Waals surface area contributed by atoms with Crippen LogP contribution in [0, 0.1) is 5.41 Å². The fourth-order valence-electron chi connectivity index (χ4n) is 5.10. The van der Waals surface area contributed by atoms with Gasteiger partial charge in [-0.25, -0.2) is 4.18 Å². The molecule has 6 nitrogen and oxygen atoms in total. The van der Waals surface area contributed by atoms with Gasteiger partial charge in [0.25, 0.3) is 0 Å². The van der Waals surface area contributed by atoms with E-state index in [-0.39, 0.29) is 24.2 Å². The molecule has 1 fully saturated rings. The smallest absolute Gasteiger partial charge is 0.364 e. The van der Waals surface area contributed by atoms with Gasteiger partial charge in [0.2, 0.25) is 0 Å². The van der Waals surface area contributed by atoms with Crippen LogP contribution in [0.2, 0.25) is 0 Å². The molecule has 0 saturated heterocycles. The minimum atomic E-state index is -4.72. The topological polar surface area (TPSA) is 101 Å². The summed E-state index contributed by atoms with van der Waals surface area (Å²) in [6.07, 6.45) is 3.81. The molecule has 0 bridgehead atoms. The van der Waals surface area contributed by atoms with E-state index in [4.69, 9.17) is 4.55 Å². The lowest BCUT2D eigenvalue weighted by Crippen LogP contribution is -2.41. The lowest BCUT2D eigenvalue weighted by atomic mass is 9.64. The van der Waals surface area contributed by atoms with E-state index in [2.05, 4.69) is 11.1 Å². The van der Waals surface area contributed by atoms with Crippen LogP contribution in [-0.2, 0) is 38.6 Å². The first-order valence-corrected chi connectivity index (χ1v) is 10.1. The Balaban J connectivity index is 1.70. The maximum Gasteiger partial charge on any atom is 0.400 e. The average Bonchev–Trinajstić information content (AvgIpc) is 2.80. The van der Waals surface area contributed by atoms with Crippen molar-refractivity contribution >= 4 is 16.2 Å². The number of aliphatic hydroxyl groups is 1. The van der Waals surface area contributed by atoms with Gasteiger partial charge >= 0.3 is 10.4 Å². The van der Waals surface area contributed by atoms with Gasteiger partial charge in [0.05, 0.1) is 0 Å². The highest BCUT2D eigenvalue weighted by atomic mass is 32.3. The molecule has 0 amide bonds. The molecule has 1 aromatic carbocycles. The highest BCUT2D eigenvalue weighted by molar-refractivity contribution is 7.80. The number of ketones is 1. The van der Waals surface area contributed by atoms with Crippen molar-refractivity contribution in [3.05, 3.63) is 34.4 Å². The van der Waals surface area contributed by atoms with Crippen LogP contribution in [0.5, 0.6) is 0 Å². The van der Waals surface area contributed by atoms with Gasteiger partial charge in [-0.05, 0) is 53.9 Å². The molecule has 0 aliphatic heterocycles. The van der Waals surface area contributed by atoms with Gasteiger partial charge in [0, 0.05) is 24.7 Å². The Bertz CT molecular complexity index is 861. The maximum absolute atomic E-state index is 12.3. The van der Waals surface area contributed by atoms with Crippen molar-refractivity contribution < 1.29 is 27.1 Å². The zero-order valence-electron chi connectivity index (χ0n) is 14.1. The van der Waals surface area contributed by atoms with E-state index in [0.29, 0.717) is 18.6 Å². The summed E-state index contributed by atoms with van der Waals surface area (Å²) >= 11 is 0. The molecule has 0 radical (unpaired) electrons. The van der Waals surface area contributed by atoms with Crippen LogP contribution < -0.4 is 0 Å². The molecule has 1 aromatic rings. The summed E-state index contributed by atoms with van der Waals surface area (Å²) in [7, 11) is -4.72. The second-order valence-corrected chi connectivity index (χ2v) is 8.86. The average molecular weight is 366 g/mol. The molecule has 3 aliphatic carbocycles. The lowest BCUT2D eigenvalue weighted by molar-refractivity contribution is -0.145. The molecular weight excluding hydrogens is 344 g/mol. The van der Waals surface area contributed by atoms with Gasteiger partial charge in [0.15, 0.2) is 5.79 Å². The summed E-state index contributed by atoms with van der Waals surface area (Å²) in [5.74, 6) is -1.29. The summed E-state index contributed by atoms with van der Waals surface area (Å²) in [5, 5.41) is 10.4. The third-order valence-electron chi connectivity index (χ3n) is 6.39. The highest BCUT2D eigenvalue weighted by Crippen LogP contribution is 2.54. The summed E-state index contributed by atoms with van der Waals surface area (Å²) in [6.45, 7) is 2.08. The third kappa shape index (κ3) is 2.73. The summed E-state index contributed by atoms with van der Waals surface area (Å²) in [6, 6.07) is 3.92. The minimum absolute atomic E-state index is 0.0241. The fourth-order valence-corrected chi connectivity index (χ4v) is 5.64. The Morgan fingerprint density at radius 1 is 1.16 bits per heavy atom. The van der Waals surface area contributed by atoms with Gasteiger partial charge in [0.1, 0.15) is 5.78 Å². The molecule has 3 atom stereocenters. The summed E-state index contributed by atoms with van der Waals surface area (Å²) < 4.78 is 35.4. The maximum atomic E-state index is 12.3. The monoisotopic (exact) mass is 366 g/mol. The number of Topliss-reactive ketones (excluding diaryl/α,β-unsaturated/α-hetero) is 1. The predicted molar refractivity (Wildman–Crippen MR) is 89.5 cm³/mol. The van der Waals surface area contributed by atoms with Crippen LogP contribution in [0.3, 0.4) is 0 Å². The molecule has 3 aliphatic rings. The molecule has 0 unspecified atom stereocenters. The van der Waals surface area contributed by atoms with Crippen LogP contribution in [-0.4, -0.2) is 29.6 Å². The Morgan fingerprint density at radius 2 is 1.88 bits per heavy atom. The minimum Gasteiger partial charge on any atom is -0.364 e. The van der Waals surface area contributed by atoms with Crippen LogP contribution in [0.25, 0.3) is 0 Å². The van der Waals surface area contributed by atoms with Crippen molar-refractivity contribution in [2.45, 2.75) is 63.6 Å². The SMILES string of the molecule is C[C@]12CCc3c(ccc4c3CC[C@@](O)(OS(=O)(=O)O)C4)[C@@H]1CCC2=O.